The second-order valence-corrected chi connectivity index (χ2v) is 9.87. The van der Waals surface area contributed by atoms with Crippen molar-refractivity contribution in [3.05, 3.63) is 69.8 Å². The molecule has 2 aromatic rings. The van der Waals surface area contributed by atoms with Gasteiger partial charge in [-0.05, 0) is 49.1 Å². The summed E-state index contributed by atoms with van der Waals surface area (Å²) in [5.74, 6) is 0.442. The van der Waals surface area contributed by atoms with Gasteiger partial charge in [0.15, 0.2) is 0 Å². The van der Waals surface area contributed by atoms with Crippen molar-refractivity contribution in [3.8, 4) is 11.5 Å². The Hall–Kier alpha value is -2.72. The minimum Gasteiger partial charge on any atom is -0.426 e. The van der Waals surface area contributed by atoms with Gasteiger partial charge < -0.3 is 14.3 Å². The summed E-state index contributed by atoms with van der Waals surface area (Å²) in [6, 6.07) is 12.6. The van der Waals surface area contributed by atoms with Crippen molar-refractivity contribution >= 4 is 33.5 Å². The molecule has 1 atom stereocenters. The van der Waals surface area contributed by atoms with Gasteiger partial charge in [0, 0.05) is 17.4 Å². The molecule has 1 unspecified atom stereocenters. The SMILES string of the molecule is O=C(CCCCC1CCSS1)Oc1ccccc1C(=O)Oc1cccc(CO[N+](=O)[O-])c1. The van der Waals surface area contributed by atoms with E-state index in [0.29, 0.717) is 10.8 Å². The number of rotatable bonds is 11. The lowest BCUT2D eigenvalue weighted by molar-refractivity contribution is -0.763. The number of hydrogen-bond acceptors (Lipinski definition) is 9. The van der Waals surface area contributed by atoms with Crippen LogP contribution in [-0.4, -0.2) is 28.0 Å². The molecule has 0 bridgehead atoms. The highest BCUT2D eigenvalue weighted by Gasteiger charge is 2.18. The summed E-state index contributed by atoms with van der Waals surface area (Å²) >= 11 is 0. The van der Waals surface area contributed by atoms with Gasteiger partial charge in [-0.1, -0.05) is 52.3 Å². The maximum absolute atomic E-state index is 12.6. The number of para-hydroxylation sites is 1. The molecule has 32 heavy (non-hydrogen) atoms. The molecule has 0 spiro atoms. The van der Waals surface area contributed by atoms with E-state index in [-0.39, 0.29) is 30.1 Å². The van der Waals surface area contributed by atoms with Crippen LogP contribution in [0.2, 0.25) is 0 Å². The van der Waals surface area contributed by atoms with E-state index in [1.165, 1.54) is 24.3 Å². The summed E-state index contributed by atoms with van der Waals surface area (Å²) in [5, 5.41) is 10.1. The Morgan fingerprint density at radius 2 is 1.94 bits per heavy atom. The number of unbranched alkanes of at least 4 members (excludes halogenated alkanes) is 1. The topological polar surface area (TPSA) is 105 Å². The van der Waals surface area contributed by atoms with E-state index in [4.69, 9.17) is 9.47 Å². The van der Waals surface area contributed by atoms with E-state index >= 15 is 0 Å². The first-order valence-corrected chi connectivity index (χ1v) is 12.6. The molecule has 0 N–H and O–H groups in total. The highest BCUT2D eigenvalue weighted by molar-refractivity contribution is 8.77. The summed E-state index contributed by atoms with van der Waals surface area (Å²) in [7, 11) is 3.83. The monoisotopic (exact) mass is 477 g/mol. The minimum absolute atomic E-state index is 0.118. The van der Waals surface area contributed by atoms with Crippen molar-refractivity contribution in [1.29, 1.82) is 0 Å². The molecule has 1 fully saturated rings. The van der Waals surface area contributed by atoms with E-state index in [1.54, 1.807) is 36.4 Å². The van der Waals surface area contributed by atoms with E-state index in [1.807, 2.05) is 21.6 Å². The molecule has 0 aliphatic carbocycles. The third-order valence-corrected chi connectivity index (χ3v) is 7.67. The lowest BCUT2D eigenvalue weighted by Crippen LogP contribution is -2.14. The van der Waals surface area contributed by atoms with Crippen LogP contribution < -0.4 is 9.47 Å². The third kappa shape index (κ3) is 7.76. The Kier molecular flexibility index (Phi) is 9.24. The highest BCUT2D eigenvalue weighted by atomic mass is 33.1. The number of nitrogens with zero attached hydrogens (tertiary/aromatic N) is 1. The van der Waals surface area contributed by atoms with Crippen molar-refractivity contribution in [2.75, 3.05) is 5.75 Å². The molecule has 0 amide bonds. The van der Waals surface area contributed by atoms with Crippen molar-refractivity contribution < 1.29 is 29.0 Å². The van der Waals surface area contributed by atoms with E-state index in [0.717, 1.165) is 19.3 Å². The summed E-state index contributed by atoms with van der Waals surface area (Å²) in [4.78, 5) is 39.6. The van der Waals surface area contributed by atoms with Crippen LogP contribution in [0.3, 0.4) is 0 Å². The first kappa shape index (κ1) is 23.9. The molecule has 170 valence electrons. The van der Waals surface area contributed by atoms with Gasteiger partial charge in [0.25, 0.3) is 5.09 Å². The predicted molar refractivity (Wildman–Crippen MR) is 122 cm³/mol. The molecule has 1 saturated heterocycles. The number of carbonyl (C=O) groups excluding carboxylic acids is 2. The lowest BCUT2D eigenvalue weighted by Gasteiger charge is -2.11. The standard InChI is InChI=1S/C22H23NO7S2/c24-21(11-4-1-8-18-12-13-31-32-18)30-20-10-3-2-9-19(20)22(25)29-17-7-5-6-16(14-17)15-28-23(26)27/h2-3,5-7,9-10,14,18H,1,4,8,11-13,15H2. The Bertz CT molecular complexity index is 947. The van der Waals surface area contributed by atoms with Crippen LogP contribution in [0.1, 0.15) is 48.0 Å². The van der Waals surface area contributed by atoms with Crippen LogP contribution in [0.5, 0.6) is 11.5 Å². The zero-order valence-electron chi connectivity index (χ0n) is 17.3. The van der Waals surface area contributed by atoms with Gasteiger partial charge in [-0.2, -0.15) is 0 Å². The zero-order chi connectivity index (χ0) is 22.8. The molecule has 10 heteroatoms. The van der Waals surface area contributed by atoms with Crippen LogP contribution in [0, 0.1) is 10.1 Å². The molecule has 0 radical (unpaired) electrons. The van der Waals surface area contributed by atoms with E-state index in [2.05, 4.69) is 4.84 Å². The molecule has 1 aliphatic rings. The maximum Gasteiger partial charge on any atom is 0.347 e. The molecule has 0 saturated carbocycles. The van der Waals surface area contributed by atoms with Gasteiger partial charge in [-0.15, -0.1) is 10.1 Å². The van der Waals surface area contributed by atoms with Gasteiger partial charge in [0.05, 0.1) is 0 Å². The fourth-order valence-corrected chi connectivity index (χ4v) is 6.12. The first-order chi connectivity index (χ1) is 15.5. The van der Waals surface area contributed by atoms with Crippen molar-refractivity contribution in [2.24, 2.45) is 0 Å². The molecular weight excluding hydrogens is 454 g/mol. The molecule has 0 aromatic heterocycles. The summed E-state index contributed by atoms with van der Waals surface area (Å²) < 4.78 is 10.8. The molecule has 2 aromatic carbocycles. The Labute approximate surface area is 193 Å². The zero-order valence-corrected chi connectivity index (χ0v) is 18.9. The van der Waals surface area contributed by atoms with Crippen LogP contribution in [0.25, 0.3) is 0 Å². The van der Waals surface area contributed by atoms with Gasteiger partial charge in [0.1, 0.15) is 23.7 Å². The summed E-state index contributed by atoms with van der Waals surface area (Å²) in [6.45, 7) is -0.259. The molecule has 8 nitrogen and oxygen atoms in total. The van der Waals surface area contributed by atoms with Gasteiger partial charge >= 0.3 is 11.9 Å². The number of carbonyl (C=O) groups is 2. The van der Waals surface area contributed by atoms with Crippen LogP contribution in [0.4, 0.5) is 0 Å². The molecule has 1 aliphatic heterocycles. The second kappa shape index (κ2) is 12.4. The largest absolute Gasteiger partial charge is 0.426 e. The highest BCUT2D eigenvalue weighted by Crippen LogP contribution is 2.39. The summed E-state index contributed by atoms with van der Waals surface area (Å²) in [5.41, 5.74) is 0.591. The average Bonchev–Trinajstić information content (AvgIpc) is 3.29. The maximum atomic E-state index is 12.6. The van der Waals surface area contributed by atoms with Crippen molar-refractivity contribution in [2.45, 2.75) is 44.0 Å². The van der Waals surface area contributed by atoms with E-state index < -0.39 is 17.0 Å². The fraction of sp³-hybridized carbons (Fsp3) is 0.364. The Morgan fingerprint density at radius 1 is 1.09 bits per heavy atom. The lowest BCUT2D eigenvalue weighted by atomic mass is 10.1. The number of benzene rings is 2. The van der Waals surface area contributed by atoms with Gasteiger partial charge in [-0.3, -0.25) is 4.79 Å². The second-order valence-electron chi connectivity index (χ2n) is 7.08. The van der Waals surface area contributed by atoms with Crippen molar-refractivity contribution in [1.82, 2.24) is 0 Å². The van der Waals surface area contributed by atoms with Crippen LogP contribution >= 0.6 is 21.6 Å². The van der Waals surface area contributed by atoms with E-state index in [9.17, 15) is 19.7 Å². The first-order valence-electron chi connectivity index (χ1n) is 10.2. The van der Waals surface area contributed by atoms with Gasteiger partial charge in [0.2, 0.25) is 0 Å². The number of hydrogen-bond donors (Lipinski definition) is 0. The fourth-order valence-electron chi connectivity index (χ4n) is 3.09. The number of esters is 2. The summed E-state index contributed by atoms with van der Waals surface area (Å²) in [6.07, 6.45) is 4.31. The quantitative estimate of drug-likeness (QED) is 0.107. The van der Waals surface area contributed by atoms with Gasteiger partial charge in [-0.25, -0.2) is 4.79 Å². The predicted octanol–water partition coefficient (Wildman–Crippen LogP) is 5.23. The van der Waals surface area contributed by atoms with Crippen molar-refractivity contribution in [3.63, 3.8) is 0 Å². The van der Waals surface area contributed by atoms with Crippen LogP contribution in [-0.2, 0) is 16.2 Å². The Balaban J connectivity index is 1.53. The smallest absolute Gasteiger partial charge is 0.347 e. The minimum atomic E-state index is -0.893. The number of ether oxygens (including phenoxy) is 2. The molecular formula is C22H23NO7S2. The normalized spacial score (nSPS) is 15.2. The molecule has 3 rings (SSSR count). The van der Waals surface area contributed by atoms with Crippen LogP contribution in [0.15, 0.2) is 48.5 Å². The third-order valence-electron chi connectivity index (χ3n) is 4.66. The Morgan fingerprint density at radius 3 is 2.72 bits per heavy atom. The average molecular weight is 478 g/mol. The molecule has 1 heterocycles.